The zero-order valence-electron chi connectivity index (χ0n) is 13.6. The number of H-pyrrole nitrogens is 1. The van der Waals surface area contributed by atoms with Gasteiger partial charge in [-0.05, 0) is 42.0 Å². The number of carbonyl (C=O) groups excluding carboxylic acids is 1. The summed E-state index contributed by atoms with van der Waals surface area (Å²) in [6, 6.07) is 9.27. The van der Waals surface area contributed by atoms with Crippen LogP contribution in [0.25, 0.3) is 10.2 Å². The molecule has 1 amide bonds. The molecule has 1 fully saturated rings. The minimum atomic E-state index is -0.466. The molecule has 1 aromatic carbocycles. The summed E-state index contributed by atoms with van der Waals surface area (Å²) in [5, 5.41) is 2.50. The molecule has 2 heterocycles. The molecule has 1 saturated carbocycles. The lowest BCUT2D eigenvalue weighted by atomic mass is 9.94. The number of rotatable bonds is 4. The molecule has 3 aromatic rings. The summed E-state index contributed by atoms with van der Waals surface area (Å²) in [4.78, 5) is 33.9. The second-order valence-electron chi connectivity index (χ2n) is 6.40. The Bertz CT molecular complexity index is 1010. The summed E-state index contributed by atoms with van der Waals surface area (Å²) in [5.74, 6) is 0.543. The summed E-state index contributed by atoms with van der Waals surface area (Å²) in [7, 11) is 1.75. The van der Waals surface area contributed by atoms with Crippen molar-refractivity contribution in [3.63, 3.8) is 0 Å². The average molecular weight is 374 g/mol. The van der Waals surface area contributed by atoms with Crippen molar-refractivity contribution >= 4 is 39.1 Å². The average Bonchev–Trinajstić information content (AvgIpc) is 3.26. The number of fused-ring (bicyclic) bond motifs is 1. The van der Waals surface area contributed by atoms with Crippen LogP contribution in [0, 0.1) is 0 Å². The topological polar surface area (TPSA) is 66.1 Å². The van der Waals surface area contributed by atoms with Gasteiger partial charge in [0.05, 0.1) is 17.5 Å². The molecule has 1 aliphatic rings. The monoisotopic (exact) mass is 373 g/mol. The number of carbonyl (C=O) groups is 1. The number of benzene rings is 1. The first-order valence-electron chi connectivity index (χ1n) is 7.98. The van der Waals surface area contributed by atoms with Gasteiger partial charge in [0.2, 0.25) is 5.91 Å². The van der Waals surface area contributed by atoms with Crippen molar-refractivity contribution in [2.24, 2.45) is 0 Å². The highest BCUT2D eigenvalue weighted by Crippen LogP contribution is 2.49. The number of aromatic amines is 1. The van der Waals surface area contributed by atoms with Crippen molar-refractivity contribution in [2.75, 3.05) is 7.05 Å². The van der Waals surface area contributed by atoms with Crippen molar-refractivity contribution in [2.45, 2.75) is 24.8 Å². The maximum absolute atomic E-state index is 13.0. The second kappa shape index (κ2) is 5.97. The molecular formula is C18H16ClN3O2S. The van der Waals surface area contributed by atoms with E-state index in [0.29, 0.717) is 21.1 Å². The first-order valence-corrected chi connectivity index (χ1v) is 9.23. The zero-order chi connectivity index (χ0) is 17.6. The molecule has 5 nitrogen and oxygen atoms in total. The van der Waals surface area contributed by atoms with Gasteiger partial charge in [0.15, 0.2) is 0 Å². The molecule has 0 atom stereocenters. The molecule has 7 heteroatoms. The lowest BCUT2D eigenvalue weighted by Crippen LogP contribution is -2.36. The van der Waals surface area contributed by atoms with Gasteiger partial charge in [-0.2, -0.15) is 0 Å². The van der Waals surface area contributed by atoms with E-state index in [1.807, 2.05) is 35.7 Å². The van der Waals surface area contributed by atoms with Gasteiger partial charge in [-0.1, -0.05) is 23.7 Å². The minimum Gasteiger partial charge on any atom is -0.338 e. The van der Waals surface area contributed by atoms with Gasteiger partial charge in [-0.3, -0.25) is 9.59 Å². The first-order chi connectivity index (χ1) is 12.0. The number of likely N-dealkylation sites (N-methyl/N-ethyl adjacent to an activating group) is 1. The molecule has 0 bridgehead atoms. The van der Waals surface area contributed by atoms with E-state index in [4.69, 9.17) is 11.6 Å². The predicted molar refractivity (Wildman–Crippen MR) is 99.1 cm³/mol. The number of hydrogen-bond donors (Lipinski definition) is 1. The number of thiophene rings is 1. The van der Waals surface area contributed by atoms with Crippen molar-refractivity contribution in [3.8, 4) is 0 Å². The molecule has 1 aliphatic carbocycles. The zero-order valence-corrected chi connectivity index (χ0v) is 15.2. The summed E-state index contributed by atoms with van der Waals surface area (Å²) >= 11 is 7.31. The molecule has 4 rings (SSSR count). The fourth-order valence-corrected chi connectivity index (χ4v) is 4.03. The van der Waals surface area contributed by atoms with Crippen molar-refractivity contribution in [1.82, 2.24) is 14.9 Å². The smallest absolute Gasteiger partial charge is 0.268 e. The molecule has 128 valence electrons. The van der Waals surface area contributed by atoms with Crippen LogP contribution in [0.4, 0.5) is 0 Å². The van der Waals surface area contributed by atoms with Crippen LogP contribution in [0.1, 0.15) is 24.2 Å². The Morgan fingerprint density at radius 2 is 2.04 bits per heavy atom. The van der Waals surface area contributed by atoms with Crippen LogP contribution in [-0.2, 0) is 16.8 Å². The molecule has 0 aliphatic heterocycles. The fourth-order valence-electron chi connectivity index (χ4n) is 3.18. The van der Waals surface area contributed by atoms with E-state index in [1.54, 1.807) is 11.9 Å². The van der Waals surface area contributed by atoms with E-state index < -0.39 is 5.41 Å². The predicted octanol–water partition coefficient (Wildman–Crippen LogP) is 3.33. The van der Waals surface area contributed by atoms with Crippen LogP contribution in [-0.4, -0.2) is 27.8 Å². The molecule has 25 heavy (non-hydrogen) atoms. The molecule has 2 aromatic heterocycles. The largest absolute Gasteiger partial charge is 0.338 e. The van der Waals surface area contributed by atoms with E-state index in [9.17, 15) is 9.59 Å². The molecule has 0 saturated heterocycles. The normalized spacial score (nSPS) is 15.3. The summed E-state index contributed by atoms with van der Waals surface area (Å²) in [6.07, 6.45) is 1.65. The van der Waals surface area contributed by atoms with Gasteiger partial charge in [-0.25, -0.2) is 4.98 Å². The third-order valence-electron chi connectivity index (χ3n) is 4.65. The Morgan fingerprint density at radius 1 is 1.32 bits per heavy atom. The van der Waals surface area contributed by atoms with Gasteiger partial charge in [0.25, 0.3) is 5.56 Å². The van der Waals surface area contributed by atoms with E-state index >= 15 is 0 Å². The number of nitrogens with zero attached hydrogens (tertiary/aromatic N) is 2. The SMILES string of the molecule is CN(Cc1nc2ccsc2c(=O)[nH]1)C(=O)C1(c2ccc(Cl)cc2)CC1. The fraction of sp³-hybridized carbons (Fsp3) is 0.278. The Hall–Kier alpha value is -2.18. The third-order valence-corrected chi connectivity index (χ3v) is 5.81. The Kier molecular flexibility index (Phi) is 3.89. The van der Waals surface area contributed by atoms with Gasteiger partial charge < -0.3 is 9.88 Å². The van der Waals surface area contributed by atoms with Gasteiger partial charge in [0.1, 0.15) is 10.5 Å². The van der Waals surface area contributed by atoms with E-state index in [0.717, 1.165) is 18.4 Å². The van der Waals surface area contributed by atoms with Gasteiger partial charge in [0, 0.05) is 12.1 Å². The maximum Gasteiger partial charge on any atom is 0.268 e. The van der Waals surface area contributed by atoms with Gasteiger partial charge >= 0.3 is 0 Å². The van der Waals surface area contributed by atoms with Crippen molar-refractivity contribution in [1.29, 1.82) is 0 Å². The number of amides is 1. The van der Waals surface area contributed by atoms with Crippen LogP contribution < -0.4 is 5.56 Å². The van der Waals surface area contributed by atoms with E-state index in [-0.39, 0.29) is 18.0 Å². The number of hydrogen-bond acceptors (Lipinski definition) is 4. The minimum absolute atomic E-state index is 0.0443. The highest BCUT2D eigenvalue weighted by Gasteiger charge is 2.52. The number of halogens is 1. The standard InChI is InChI=1S/C18H16ClN3O2S/c1-22(10-14-20-13-6-9-25-15(13)16(23)21-14)17(24)18(7-8-18)11-2-4-12(19)5-3-11/h2-6,9H,7-8,10H2,1H3,(H,20,21,23). The lowest BCUT2D eigenvalue weighted by molar-refractivity contribution is -0.133. The van der Waals surface area contributed by atoms with Crippen LogP contribution in [0.3, 0.4) is 0 Å². The van der Waals surface area contributed by atoms with Crippen molar-refractivity contribution in [3.05, 3.63) is 62.5 Å². The highest BCUT2D eigenvalue weighted by atomic mass is 35.5. The van der Waals surface area contributed by atoms with Crippen LogP contribution in [0.5, 0.6) is 0 Å². The van der Waals surface area contributed by atoms with Crippen molar-refractivity contribution < 1.29 is 4.79 Å². The molecule has 1 N–H and O–H groups in total. The Balaban J connectivity index is 1.57. The lowest BCUT2D eigenvalue weighted by Gasteiger charge is -2.23. The number of nitrogens with one attached hydrogen (secondary N) is 1. The van der Waals surface area contributed by atoms with Crippen LogP contribution >= 0.6 is 22.9 Å². The molecule has 0 radical (unpaired) electrons. The second-order valence-corrected chi connectivity index (χ2v) is 7.75. The molecular weight excluding hydrogens is 358 g/mol. The molecule has 0 unspecified atom stereocenters. The summed E-state index contributed by atoms with van der Waals surface area (Å²) in [5.41, 5.74) is 1.04. The number of aromatic nitrogens is 2. The summed E-state index contributed by atoms with van der Waals surface area (Å²) < 4.78 is 0.609. The van der Waals surface area contributed by atoms with E-state index in [1.165, 1.54) is 11.3 Å². The maximum atomic E-state index is 13.0. The van der Waals surface area contributed by atoms with Gasteiger partial charge in [-0.15, -0.1) is 11.3 Å². The quantitative estimate of drug-likeness (QED) is 0.762. The summed E-state index contributed by atoms with van der Waals surface area (Å²) in [6.45, 7) is 0.273. The van der Waals surface area contributed by atoms with E-state index in [2.05, 4.69) is 9.97 Å². The first kappa shape index (κ1) is 16.3. The van der Waals surface area contributed by atoms with Crippen LogP contribution in [0.15, 0.2) is 40.5 Å². The Labute approximate surface area is 153 Å². The highest BCUT2D eigenvalue weighted by molar-refractivity contribution is 7.17. The third kappa shape index (κ3) is 2.85. The van der Waals surface area contributed by atoms with Crippen LogP contribution in [0.2, 0.25) is 5.02 Å². The molecule has 0 spiro atoms. The Morgan fingerprint density at radius 3 is 2.72 bits per heavy atom.